The second-order valence-corrected chi connectivity index (χ2v) is 4.69. The Morgan fingerprint density at radius 1 is 1.50 bits per heavy atom. The van der Waals surface area contributed by atoms with Crippen molar-refractivity contribution in [3.05, 3.63) is 33.2 Å². The van der Waals surface area contributed by atoms with Gasteiger partial charge in [-0.1, -0.05) is 6.92 Å². The maximum atomic E-state index is 12.0. The summed E-state index contributed by atoms with van der Waals surface area (Å²) >= 11 is 0. The molecule has 0 bridgehead atoms. The van der Waals surface area contributed by atoms with E-state index in [0.717, 1.165) is 37.3 Å². The van der Waals surface area contributed by atoms with E-state index in [2.05, 4.69) is 11.8 Å². The van der Waals surface area contributed by atoms with Gasteiger partial charge in [-0.25, -0.2) is 0 Å². The summed E-state index contributed by atoms with van der Waals surface area (Å²) in [6.45, 7) is 4.82. The lowest BCUT2D eigenvalue weighted by Crippen LogP contribution is -2.36. The number of aromatic nitrogens is 1. The smallest absolute Gasteiger partial charge is 0.308 e. The highest BCUT2D eigenvalue weighted by molar-refractivity contribution is 5.70. The van der Waals surface area contributed by atoms with Crippen molar-refractivity contribution in [2.45, 2.75) is 26.3 Å². The van der Waals surface area contributed by atoms with E-state index in [9.17, 15) is 9.59 Å². The molecular weight excluding hydrogens is 232 g/mol. The Hall–Kier alpha value is -1.62. The van der Waals surface area contributed by atoms with Gasteiger partial charge >= 0.3 is 5.97 Å². The Morgan fingerprint density at radius 3 is 2.83 bits per heavy atom. The van der Waals surface area contributed by atoms with E-state index in [1.54, 1.807) is 17.7 Å². The number of rotatable bonds is 3. The van der Waals surface area contributed by atoms with Gasteiger partial charge in [-0.05, 0) is 18.2 Å². The van der Waals surface area contributed by atoms with Crippen LogP contribution in [0.3, 0.4) is 0 Å². The Morgan fingerprint density at radius 2 is 2.22 bits per heavy atom. The van der Waals surface area contributed by atoms with Gasteiger partial charge in [0.25, 0.3) is 5.56 Å². The summed E-state index contributed by atoms with van der Waals surface area (Å²) in [5, 5.41) is 8.83. The summed E-state index contributed by atoms with van der Waals surface area (Å²) in [6, 6.07) is 1.77. The molecule has 1 N–H and O–H groups in total. The van der Waals surface area contributed by atoms with Crippen LogP contribution in [-0.4, -0.2) is 33.6 Å². The molecule has 2 heterocycles. The van der Waals surface area contributed by atoms with Gasteiger partial charge < -0.3 is 9.67 Å². The van der Waals surface area contributed by atoms with Crippen molar-refractivity contribution in [2.75, 3.05) is 13.1 Å². The lowest BCUT2D eigenvalue weighted by Gasteiger charge is -2.29. The Balaban J connectivity index is 2.45. The summed E-state index contributed by atoms with van der Waals surface area (Å²) in [5.74, 6) is -0.963. The predicted molar refractivity (Wildman–Crippen MR) is 67.7 cm³/mol. The second kappa shape index (κ2) is 4.94. The third-order valence-electron chi connectivity index (χ3n) is 3.55. The molecule has 5 heteroatoms. The molecule has 0 aromatic carbocycles. The predicted octanol–water partition coefficient (Wildman–Crippen LogP) is 0.390. The summed E-state index contributed by atoms with van der Waals surface area (Å²) in [6.07, 6.45) is 0.647. The summed E-state index contributed by atoms with van der Waals surface area (Å²) in [4.78, 5) is 25.1. The minimum absolute atomic E-state index is 0.180. The van der Waals surface area contributed by atoms with Crippen molar-refractivity contribution in [1.82, 2.24) is 9.47 Å². The van der Waals surface area contributed by atoms with Gasteiger partial charge in [0.05, 0.1) is 6.42 Å². The van der Waals surface area contributed by atoms with Crippen molar-refractivity contribution < 1.29 is 9.90 Å². The fourth-order valence-electron chi connectivity index (χ4n) is 2.52. The lowest BCUT2D eigenvalue weighted by molar-refractivity contribution is -0.136. The van der Waals surface area contributed by atoms with E-state index < -0.39 is 5.97 Å². The Labute approximate surface area is 106 Å². The van der Waals surface area contributed by atoms with Gasteiger partial charge in [0.1, 0.15) is 0 Å². The molecule has 0 aliphatic carbocycles. The van der Waals surface area contributed by atoms with Crippen LogP contribution >= 0.6 is 0 Å². The van der Waals surface area contributed by atoms with Gasteiger partial charge in [-0.15, -0.1) is 0 Å². The number of pyridine rings is 1. The van der Waals surface area contributed by atoms with Gasteiger partial charge in [0.15, 0.2) is 0 Å². The van der Waals surface area contributed by atoms with Crippen LogP contribution in [0.1, 0.15) is 23.7 Å². The van der Waals surface area contributed by atoms with Gasteiger partial charge in [-0.2, -0.15) is 0 Å². The first-order chi connectivity index (χ1) is 8.52. The number of carbonyl (C=O) groups is 1. The number of hydrogen-bond donors (Lipinski definition) is 1. The van der Waals surface area contributed by atoms with E-state index in [4.69, 9.17) is 5.11 Å². The molecule has 1 aliphatic rings. The third kappa shape index (κ3) is 2.31. The lowest BCUT2D eigenvalue weighted by atomic mass is 10.0. The first kappa shape index (κ1) is 12.8. The molecule has 0 radical (unpaired) electrons. The normalized spacial score (nSPS) is 15.4. The highest BCUT2D eigenvalue weighted by Gasteiger charge is 2.20. The average Bonchev–Trinajstić information content (AvgIpc) is 2.34. The van der Waals surface area contributed by atoms with E-state index in [0.29, 0.717) is 5.56 Å². The summed E-state index contributed by atoms with van der Waals surface area (Å²) in [7, 11) is 1.73. The van der Waals surface area contributed by atoms with E-state index in [-0.39, 0.29) is 12.0 Å². The highest BCUT2D eigenvalue weighted by Crippen LogP contribution is 2.18. The molecule has 1 aromatic rings. The molecule has 0 saturated heterocycles. The van der Waals surface area contributed by atoms with Crippen molar-refractivity contribution in [1.29, 1.82) is 0 Å². The molecule has 18 heavy (non-hydrogen) atoms. The molecule has 0 unspecified atom stereocenters. The standard InChI is InChI=1S/C13H18N2O3/c1-3-15-5-4-11-10(8-15)6-9(7-12(16)17)13(18)14(11)2/h6H,3-5,7-8H2,1-2H3,(H,16,17). The Bertz CT molecular complexity index is 534. The molecule has 98 valence electrons. The van der Waals surface area contributed by atoms with Crippen LogP contribution in [0.2, 0.25) is 0 Å². The zero-order valence-corrected chi connectivity index (χ0v) is 10.8. The first-order valence-corrected chi connectivity index (χ1v) is 6.17. The topological polar surface area (TPSA) is 62.5 Å². The van der Waals surface area contributed by atoms with Crippen molar-refractivity contribution in [3.63, 3.8) is 0 Å². The van der Waals surface area contributed by atoms with Crippen molar-refractivity contribution in [3.8, 4) is 0 Å². The monoisotopic (exact) mass is 250 g/mol. The summed E-state index contributed by atoms with van der Waals surface area (Å²) in [5.41, 5.74) is 2.32. The zero-order valence-electron chi connectivity index (χ0n) is 10.8. The van der Waals surface area contributed by atoms with Gasteiger partial charge in [-0.3, -0.25) is 14.5 Å². The molecule has 0 spiro atoms. The summed E-state index contributed by atoms with van der Waals surface area (Å²) < 4.78 is 1.61. The third-order valence-corrected chi connectivity index (χ3v) is 3.55. The van der Waals surface area contributed by atoms with E-state index in [1.165, 1.54) is 0 Å². The molecule has 2 rings (SSSR count). The molecule has 1 aliphatic heterocycles. The highest BCUT2D eigenvalue weighted by atomic mass is 16.4. The van der Waals surface area contributed by atoms with Crippen LogP contribution in [0.4, 0.5) is 0 Å². The number of hydrogen-bond acceptors (Lipinski definition) is 3. The fraction of sp³-hybridized carbons (Fsp3) is 0.538. The van der Waals surface area contributed by atoms with Crippen LogP contribution in [0.5, 0.6) is 0 Å². The van der Waals surface area contributed by atoms with Crippen LogP contribution in [-0.2, 0) is 31.2 Å². The molecule has 5 nitrogen and oxygen atoms in total. The number of likely N-dealkylation sites (N-methyl/N-ethyl adjacent to an activating group) is 1. The van der Waals surface area contributed by atoms with Crippen LogP contribution in [0, 0.1) is 0 Å². The number of nitrogens with zero attached hydrogens (tertiary/aromatic N) is 2. The molecule has 0 atom stereocenters. The quantitative estimate of drug-likeness (QED) is 0.843. The van der Waals surface area contributed by atoms with Crippen LogP contribution in [0.25, 0.3) is 0 Å². The molecule has 0 amide bonds. The van der Waals surface area contributed by atoms with Crippen molar-refractivity contribution >= 4 is 5.97 Å². The van der Waals surface area contributed by atoms with Crippen molar-refractivity contribution in [2.24, 2.45) is 7.05 Å². The molecule has 0 saturated carbocycles. The second-order valence-electron chi connectivity index (χ2n) is 4.69. The molecule has 1 aromatic heterocycles. The first-order valence-electron chi connectivity index (χ1n) is 6.17. The number of carboxylic acid groups (broad SMARTS) is 1. The fourth-order valence-corrected chi connectivity index (χ4v) is 2.52. The van der Waals surface area contributed by atoms with Crippen LogP contribution < -0.4 is 5.56 Å². The largest absolute Gasteiger partial charge is 0.481 e. The average molecular weight is 250 g/mol. The molecular formula is C13H18N2O3. The zero-order chi connectivity index (χ0) is 13.3. The maximum absolute atomic E-state index is 12.0. The van der Waals surface area contributed by atoms with Gasteiger partial charge in [0.2, 0.25) is 0 Å². The maximum Gasteiger partial charge on any atom is 0.308 e. The van der Waals surface area contributed by atoms with Gasteiger partial charge in [0, 0.05) is 37.8 Å². The Kier molecular flexibility index (Phi) is 3.52. The van der Waals surface area contributed by atoms with E-state index in [1.807, 2.05) is 0 Å². The minimum Gasteiger partial charge on any atom is -0.481 e. The number of aliphatic carboxylic acids is 1. The number of carboxylic acids is 1. The molecule has 0 fully saturated rings. The minimum atomic E-state index is -0.963. The van der Waals surface area contributed by atoms with E-state index >= 15 is 0 Å². The SMILES string of the molecule is CCN1CCc2c(cc(CC(=O)O)c(=O)n2C)C1. The van der Waals surface area contributed by atoms with Crippen LogP contribution in [0.15, 0.2) is 10.9 Å². The number of fused-ring (bicyclic) bond motifs is 1.